The van der Waals surface area contributed by atoms with Gasteiger partial charge in [-0.2, -0.15) is 0 Å². The molecule has 0 fully saturated rings. The van der Waals surface area contributed by atoms with Gasteiger partial charge in [-0.05, 0) is 5.92 Å². The highest BCUT2D eigenvalue weighted by Gasteiger charge is 2.27. The van der Waals surface area contributed by atoms with Crippen LogP contribution in [0.15, 0.2) is 12.0 Å². The molecule has 0 aromatic heterocycles. The highest BCUT2D eigenvalue weighted by Crippen LogP contribution is 2.47. The van der Waals surface area contributed by atoms with Gasteiger partial charge in [0.05, 0.1) is 0 Å². The molecule has 2 atom stereocenters. The number of hydrogen-bond acceptors (Lipinski definition) is 3. The van der Waals surface area contributed by atoms with Crippen molar-refractivity contribution in [1.82, 2.24) is 5.32 Å². The molecule has 5 N–H and O–H groups in total. The lowest BCUT2D eigenvalue weighted by molar-refractivity contribution is -0.406. The summed E-state index contributed by atoms with van der Waals surface area (Å²) in [5, 5.41) is 2.24. The molecule has 0 bridgehead atoms. The van der Waals surface area contributed by atoms with Gasteiger partial charge in [0.25, 0.3) is 5.91 Å². The average Bonchev–Trinajstić information content (AvgIpc) is 2.16. The summed E-state index contributed by atoms with van der Waals surface area (Å²) in [6.45, 7) is 7.23. The first-order valence-electron chi connectivity index (χ1n) is 4.92. The van der Waals surface area contributed by atoms with Crippen LogP contribution >= 0.6 is 7.60 Å². The molecular weight excluding hydrogens is 231 g/mol. The standard InChI is InChI=1S/C9H19N2O4P/c1-6(2)5-8(10)9(12)11-7(3)16(13,14)15-4/h6,8H,3,5,10H2,1-2,4H3,(H,11,12)(H,13,14)/p+1/t8-/m0/s1. The lowest BCUT2D eigenvalue weighted by atomic mass is 10.0. The fourth-order valence-electron chi connectivity index (χ4n) is 1.10. The molecule has 7 heteroatoms. The average molecular weight is 251 g/mol. The molecule has 0 heterocycles. The molecule has 6 nitrogen and oxygen atoms in total. The van der Waals surface area contributed by atoms with Crippen molar-refractivity contribution in [1.29, 1.82) is 0 Å². The second kappa shape index (κ2) is 6.15. The van der Waals surface area contributed by atoms with Crippen molar-refractivity contribution in [3.63, 3.8) is 0 Å². The number of rotatable bonds is 6. The van der Waals surface area contributed by atoms with E-state index in [4.69, 9.17) is 0 Å². The Labute approximate surface area is 95.4 Å². The molecule has 0 aliphatic carbocycles. The maximum absolute atomic E-state index is 11.5. The lowest BCUT2D eigenvalue weighted by Gasteiger charge is -2.15. The second-order valence-electron chi connectivity index (χ2n) is 3.97. The number of carbonyl (C=O) groups is 1. The zero-order valence-corrected chi connectivity index (χ0v) is 10.8. The van der Waals surface area contributed by atoms with Crippen molar-refractivity contribution in [2.24, 2.45) is 5.92 Å². The maximum atomic E-state index is 11.5. The van der Waals surface area contributed by atoms with Gasteiger partial charge >= 0.3 is 7.60 Å². The van der Waals surface area contributed by atoms with Crippen molar-refractivity contribution in [2.45, 2.75) is 26.3 Å². The molecule has 0 aromatic carbocycles. The molecule has 0 aliphatic rings. The molecule has 0 saturated heterocycles. The Kier molecular flexibility index (Phi) is 5.89. The minimum atomic E-state index is -3.95. The Morgan fingerprint density at radius 1 is 1.62 bits per heavy atom. The minimum absolute atomic E-state index is 0.322. The van der Waals surface area contributed by atoms with E-state index in [9.17, 15) is 14.3 Å². The Balaban J connectivity index is 4.36. The monoisotopic (exact) mass is 251 g/mol. The van der Waals surface area contributed by atoms with E-state index in [0.717, 1.165) is 7.11 Å². The Bertz CT molecular complexity index is 317. The number of hydrogen-bond donors (Lipinski definition) is 3. The Hall–Kier alpha value is -0.680. The Morgan fingerprint density at radius 2 is 2.12 bits per heavy atom. The van der Waals surface area contributed by atoms with Gasteiger partial charge in [0, 0.05) is 13.5 Å². The summed E-state index contributed by atoms with van der Waals surface area (Å²) in [5.74, 6) is -0.102. The van der Waals surface area contributed by atoms with E-state index in [1.165, 1.54) is 0 Å². The molecule has 0 rings (SSSR count). The third-order valence-corrected chi connectivity index (χ3v) is 3.27. The van der Waals surface area contributed by atoms with Gasteiger partial charge in [-0.25, -0.2) is 0 Å². The number of amides is 1. The minimum Gasteiger partial charge on any atom is -0.347 e. The van der Waals surface area contributed by atoms with Crippen LogP contribution in [-0.4, -0.2) is 24.0 Å². The van der Waals surface area contributed by atoms with E-state index in [1.54, 1.807) is 0 Å². The molecule has 94 valence electrons. The van der Waals surface area contributed by atoms with Crippen LogP contribution in [-0.2, 0) is 13.9 Å². The van der Waals surface area contributed by atoms with Crippen LogP contribution in [0.5, 0.6) is 0 Å². The Morgan fingerprint density at radius 3 is 2.50 bits per heavy atom. The topological polar surface area (TPSA) is 103 Å². The summed E-state index contributed by atoms with van der Waals surface area (Å²) >= 11 is 0. The number of quaternary nitrogens is 1. The van der Waals surface area contributed by atoms with Gasteiger partial charge in [-0.15, -0.1) is 0 Å². The highest BCUT2D eigenvalue weighted by molar-refractivity contribution is 7.57. The van der Waals surface area contributed by atoms with E-state index in [-0.39, 0.29) is 5.44 Å². The normalized spacial score (nSPS) is 16.6. The zero-order chi connectivity index (χ0) is 12.9. The first-order chi connectivity index (χ1) is 7.20. The summed E-state index contributed by atoms with van der Waals surface area (Å²) in [5.41, 5.74) is 3.35. The van der Waals surface area contributed by atoms with Crippen molar-refractivity contribution in [3.8, 4) is 0 Å². The van der Waals surface area contributed by atoms with E-state index >= 15 is 0 Å². The van der Waals surface area contributed by atoms with Gasteiger partial charge in [-0.1, -0.05) is 20.4 Å². The predicted molar refractivity (Wildman–Crippen MR) is 60.2 cm³/mol. The smallest absolute Gasteiger partial charge is 0.347 e. The summed E-state index contributed by atoms with van der Waals surface area (Å²) in [6, 6.07) is -0.478. The van der Waals surface area contributed by atoms with Crippen LogP contribution in [0, 0.1) is 5.92 Å². The molecule has 0 spiro atoms. The SMILES string of the molecule is C=C(NC(=O)[C@@H]([NH3+])CC(C)C)P(=O)(O)OC. The van der Waals surface area contributed by atoms with Crippen LogP contribution in [0.3, 0.4) is 0 Å². The van der Waals surface area contributed by atoms with Crippen molar-refractivity contribution in [3.05, 3.63) is 12.0 Å². The zero-order valence-electron chi connectivity index (χ0n) is 9.90. The molecule has 1 unspecified atom stereocenters. The summed E-state index contributed by atoms with van der Waals surface area (Å²) in [7, 11) is -2.87. The van der Waals surface area contributed by atoms with E-state index in [1.807, 2.05) is 13.8 Å². The van der Waals surface area contributed by atoms with Crippen LogP contribution in [0.25, 0.3) is 0 Å². The highest BCUT2D eigenvalue weighted by atomic mass is 31.2. The summed E-state index contributed by atoms with van der Waals surface area (Å²) < 4.78 is 15.6. The fourth-order valence-corrected chi connectivity index (χ4v) is 1.57. The van der Waals surface area contributed by atoms with E-state index < -0.39 is 19.5 Å². The maximum Gasteiger partial charge on any atom is 0.374 e. The first kappa shape index (κ1) is 15.3. The van der Waals surface area contributed by atoms with Crippen molar-refractivity contribution >= 4 is 13.5 Å². The lowest BCUT2D eigenvalue weighted by Crippen LogP contribution is -2.67. The number of carbonyl (C=O) groups excluding carboxylic acids is 1. The largest absolute Gasteiger partial charge is 0.374 e. The van der Waals surface area contributed by atoms with Gasteiger partial charge < -0.3 is 20.5 Å². The fraction of sp³-hybridized carbons (Fsp3) is 0.667. The summed E-state index contributed by atoms with van der Waals surface area (Å²) in [4.78, 5) is 20.7. The number of nitrogens with one attached hydrogen (secondary N) is 1. The molecule has 16 heavy (non-hydrogen) atoms. The van der Waals surface area contributed by atoms with E-state index in [0.29, 0.717) is 12.3 Å². The second-order valence-corrected chi connectivity index (χ2v) is 5.91. The van der Waals surface area contributed by atoms with Gasteiger partial charge in [-0.3, -0.25) is 9.36 Å². The third kappa shape index (κ3) is 4.90. The van der Waals surface area contributed by atoms with E-state index in [2.05, 4.69) is 22.2 Å². The van der Waals surface area contributed by atoms with Gasteiger partial charge in [0.1, 0.15) is 5.44 Å². The van der Waals surface area contributed by atoms with Crippen LogP contribution in [0.1, 0.15) is 20.3 Å². The molecule has 0 aliphatic heterocycles. The van der Waals surface area contributed by atoms with Crippen LogP contribution < -0.4 is 11.1 Å². The van der Waals surface area contributed by atoms with Crippen molar-refractivity contribution in [2.75, 3.05) is 7.11 Å². The molecule has 1 amide bonds. The van der Waals surface area contributed by atoms with Crippen LogP contribution in [0.2, 0.25) is 0 Å². The van der Waals surface area contributed by atoms with Crippen LogP contribution in [0.4, 0.5) is 0 Å². The van der Waals surface area contributed by atoms with Gasteiger partial charge in [0.15, 0.2) is 6.04 Å². The third-order valence-electron chi connectivity index (χ3n) is 1.98. The van der Waals surface area contributed by atoms with Gasteiger partial charge in [0.2, 0.25) is 0 Å². The van der Waals surface area contributed by atoms with Crippen molar-refractivity contribution < 1.29 is 24.5 Å². The first-order valence-corrected chi connectivity index (χ1v) is 6.50. The molecule has 0 saturated carbocycles. The molecular formula is C9H20N2O4P+. The molecule has 0 aromatic rings. The quantitative estimate of drug-likeness (QED) is 0.581. The summed E-state index contributed by atoms with van der Waals surface area (Å²) in [6.07, 6.45) is 0.599. The predicted octanol–water partition coefficient (Wildman–Crippen LogP) is 0.0622. The molecule has 0 radical (unpaired) electrons.